The lowest BCUT2D eigenvalue weighted by atomic mass is 9.88. The minimum Gasteiger partial charge on any atom is -0.478 e. The van der Waals surface area contributed by atoms with E-state index in [2.05, 4.69) is 0 Å². The largest absolute Gasteiger partial charge is 0.478 e. The fourth-order valence-electron chi connectivity index (χ4n) is 3.38. The molecule has 0 atom stereocenters. The maximum absolute atomic E-state index is 10.8. The van der Waals surface area contributed by atoms with Crippen molar-refractivity contribution < 1.29 is 14.6 Å². The van der Waals surface area contributed by atoms with Gasteiger partial charge in [-0.2, -0.15) is 0 Å². The molecule has 3 rings (SSSR count). The summed E-state index contributed by atoms with van der Waals surface area (Å²) in [6, 6.07) is 23.3. The van der Waals surface area contributed by atoms with Crippen LogP contribution in [-0.2, 0) is 9.53 Å². The zero-order valence-corrected chi connectivity index (χ0v) is 17.2. The third-order valence-electron chi connectivity index (χ3n) is 4.86. The number of rotatable bonds is 8. The van der Waals surface area contributed by atoms with Crippen LogP contribution in [0.2, 0.25) is 0 Å². The summed E-state index contributed by atoms with van der Waals surface area (Å²) in [6.07, 6.45) is 3.91. The van der Waals surface area contributed by atoms with E-state index in [1.807, 2.05) is 66.7 Å². The van der Waals surface area contributed by atoms with Crippen molar-refractivity contribution in [3.05, 3.63) is 107 Å². The molecule has 0 saturated carbocycles. The first-order chi connectivity index (χ1) is 15.0. The second-order valence-electron chi connectivity index (χ2n) is 6.93. The van der Waals surface area contributed by atoms with E-state index >= 15 is 0 Å². The summed E-state index contributed by atoms with van der Waals surface area (Å²) in [7, 11) is 1.66. The van der Waals surface area contributed by atoms with Crippen LogP contribution in [-0.4, -0.2) is 31.0 Å². The van der Waals surface area contributed by atoms with Gasteiger partial charge in [0, 0.05) is 30.7 Å². The minimum absolute atomic E-state index is 0.393. The monoisotopic (exact) mass is 412 g/mol. The Morgan fingerprint density at radius 1 is 1.00 bits per heavy atom. The number of carboxylic acid groups (broad SMARTS) is 1. The van der Waals surface area contributed by atoms with Gasteiger partial charge in [-0.1, -0.05) is 60.7 Å². The molecule has 0 heterocycles. The number of anilines is 1. The predicted octanol–water partition coefficient (Wildman–Crippen LogP) is 4.97. The molecule has 0 amide bonds. The first kappa shape index (κ1) is 21.7. The molecule has 3 aromatic rings. The molecule has 0 spiro atoms. The van der Waals surface area contributed by atoms with Crippen LogP contribution in [0.15, 0.2) is 78.9 Å². The highest BCUT2D eigenvalue weighted by Crippen LogP contribution is 2.34. The zero-order chi connectivity index (χ0) is 22.2. The Morgan fingerprint density at radius 3 is 2.29 bits per heavy atom. The van der Waals surface area contributed by atoms with E-state index in [0.29, 0.717) is 17.9 Å². The molecular formula is C26H24N2O3. The van der Waals surface area contributed by atoms with Gasteiger partial charge in [0.25, 0.3) is 0 Å². The van der Waals surface area contributed by atoms with E-state index in [9.17, 15) is 4.79 Å². The summed E-state index contributed by atoms with van der Waals surface area (Å²) in [4.78, 5) is 10.8. The number of benzene rings is 3. The number of carboxylic acids is 1. The normalized spacial score (nSPS) is 11.9. The fourth-order valence-corrected chi connectivity index (χ4v) is 3.38. The fraction of sp³-hybridized carbons (Fsp3) is 0.0769. The van der Waals surface area contributed by atoms with Gasteiger partial charge in [0.05, 0.1) is 6.61 Å². The highest BCUT2D eigenvalue weighted by molar-refractivity contribution is 6.00. The molecule has 156 valence electrons. The molecule has 0 aliphatic heterocycles. The molecule has 3 aromatic carbocycles. The van der Waals surface area contributed by atoms with Crippen molar-refractivity contribution >= 4 is 35.1 Å². The Labute approximate surface area is 181 Å². The zero-order valence-electron chi connectivity index (χ0n) is 17.2. The second kappa shape index (κ2) is 10.2. The van der Waals surface area contributed by atoms with Crippen LogP contribution in [0.4, 0.5) is 5.69 Å². The molecule has 0 aliphatic carbocycles. The third-order valence-corrected chi connectivity index (χ3v) is 4.86. The van der Waals surface area contributed by atoms with Crippen LogP contribution in [0, 0.1) is 5.41 Å². The minimum atomic E-state index is -0.989. The maximum atomic E-state index is 10.8. The first-order valence-electron chi connectivity index (χ1n) is 9.73. The molecule has 5 heteroatoms. The third kappa shape index (κ3) is 5.35. The number of hydrogen-bond donors (Lipinski definition) is 3. The van der Waals surface area contributed by atoms with E-state index in [0.717, 1.165) is 39.5 Å². The summed E-state index contributed by atoms with van der Waals surface area (Å²) in [5.74, 6) is -0.989. The van der Waals surface area contributed by atoms with Gasteiger partial charge in [-0.15, -0.1) is 0 Å². The van der Waals surface area contributed by atoms with Crippen LogP contribution in [0.1, 0.15) is 27.8 Å². The Hall–Kier alpha value is -3.96. The van der Waals surface area contributed by atoms with Gasteiger partial charge in [-0.25, -0.2) is 4.79 Å². The van der Waals surface area contributed by atoms with Gasteiger partial charge in [0.2, 0.25) is 0 Å². The van der Waals surface area contributed by atoms with E-state index in [1.54, 1.807) is 19.3 Å². The lowest BCUT2D eigenvalue weighted by Gasteiger charge is -2.18. The molecule has 4 N–H and O–H groups in total. The SMILES string of the molecule is COC/C(=C(/c1ccc(/C=C/C(=O)O)cc1)c1ccc(N)c(C=N)c1)c1ccccc1. The number of ether oxygens (including phenoxy) is 1. The molecule has 0 bridgehead atoms. The van der Waals surface area contributed by atoms with Gasteiger partial charge >= 0.3 is 5.97 Å². The van der Waals surface area contributed by atoms with E-state index in [-0.39, 0.29) is 0 Å². The maximum Gasteiger partial charge on any atom is 0.328 e. The van der Waals surface area contributed by atoms with Crippen LogP contribution in [0.3, 0.4) is 0 Å². The molecule has 5 nitrogen and oxygen atoms in total. The topological polar surface area (TPSA) is 96.4 Å². The molecule has 0 aromatic heterocycles. The van der Waals surface area contributed by atoms with Gasteiger partial charge in [0.1, 0.15) is 0 Å². The molecular weight excluding hydrogens is 388 g/mol. The Balaban J connectivity index is 2.23. The van der Waals surface area contributed by atoms with Crippen molar-refractivity contribution in [3.63, 3.8) is 0 Å². The van der Waals surface area contributed by atoms with Crippen molar-refractivity contribution in [2.75, 3.05) is 19.5 Å². The molecule has 0 saturated heterocycles. The predicted molar refractivity (Wildman–Crippen MR) is 126 cm³/mol. The quantitative estimate of drug-likeness (QED) is 0.211. The van der Waals surface area contributed by atoms with Crippen LogP contribution in [0.5, 0.6) is 0 Å². The Morgan fingerprint density at radius 2 is 1.68 bits per heavy atom. The number of methoxy groups -OCH3 is 1. The Kier molecular flexibility index (Phi) is 7.14. The molecule has 31 heavy (non-hydrogen) atoms. The summed E-state index contributed by atoms with van der Waals surface area (Å²) < 4.78 is 5.55. The van der Waals surface area contributed by atoms with E-state index < -0.39 is 5.97 Å². The summed E-state index contributed by atoms with van der Waals surface area (Å²) in [6.45, 7) is 0.393. The molecule has 0 aliphatic rings. The number of nitrogens with one attached hydrogen (secondary N) is 1. The summed E-state index contributed by atoms with van der Waals surface area (Å²) in [5.41, 5.74) is 12.8. The first-order valence-corrected chi connectivity index (χ1v) is 9.73. The van der Waals surface area contributed by atoms with E-state index in [4.69, 9.17) is 21.0 Å². The van der Waals surface area contributed by atoms with Gasteiger partial charge in [-0.3, -0.25) is 0 Å². The van der Waals surface area contributed by atoms with Crippen molar-refractivity contribution in [1.82, 2.24) is 0 Å². The lowest BCUT2D eigenvalue weighted by molar-refractivity contribution is -0.131. The van der Waals surface area contributed by atoms with Gasteiger partial charge < -0.3 is 21.0 Å². The van der Waals surface area contributed by atoms with Gasteiger partial charge in [-0.05, 0) is 51.6 Å². The van der Waals surface area contributed by atoms with E-state index in [1.165, 1.54) is 6.21 Å². The average Bonchev–Trinajstić information content (AvgIpc) is 2.79. The molecule has 0 fully saturated rings. The lowest BCUT2D eigenvalue weighted by Crippen LogP contribution is -2.02. The van der Waals surface area contributed by atoms with Crippen molar-refractivity contribution in [2.45, 2.75) is 0 Å². The molecule has 0 radical (unpaired) electrons. The number of carbonyl (C=O) groups is 1. The van der Waals surface area contributed by atoms with Gasteiger partial charge in [0.15, 0.2) is 0 Å². The Bertz CT molecular complexity index is 1130. The number of hydrogen-bond acceptors (Lipinski definition) is 4. The average molecular weight is 412 g/mol. The van der Waals surface area contributed by atoms with Crippen LogP contribution >= 0.6 is 0 Å². The molecule has 0 unspecified atom stereocenters. The highest BCUT2D eigenvalue weighted by atomic mass is 16.5. The van der Waals surface area contributed by atoms with Crippen molar-refractivity contribution in [1.29, 1.82) is 5.41 Å². The number of nitrogens with two attached hydrogens (primary N) is 1. The summed E-state index contributed by atoms with van der Waals surface area (Å²) in [5, 5.41) is 16.5. The van der Waals surface area contributed by atoms with Crippen molar-refractivity contribution in [2.24, 2.45) is 0 Å². The summed E-state index contributed by atoms with van der Waals surface area (Å²) >= 11 is 0. The van der Waals surface area contributed by atoms with Crippen LogP contribution < -0.4 is 5.73 Å². The highest BCUT2D eigenvalue weighted by Gasteiger charge is 2.15. The van der Waals surface area contributed by atoms with Crippen molar-refractivity contribution in [3.8, 4) is 0 Å². The van der Waals surface area contributed by atoms with Crippen LogP contribution in [0.25, 0.3) is 17.2 Å². The smallest absolute Gasteiger partial charge is 0.328 e. The number of aliphatic carboxylic acids is 1. The number of nitrogen functional groups attached to an aromatic ring is 1. The second-order valence-corrected chi connectivity index (χ2v) is 6.93. The standard InChI is InChI=1S/C26H24N2O3/c1-31-17-23(19-5-3-2-4-6-19)26(21-12-13-24(28)22(15-21)16-27)20-10-7-18(8-11-20)9-14-25(29)30/h2-16,27H,17,28H2,1H3,(H,29,30)/b14-9+,26-23+,27-16?.